The molecule has 0 aliphatic heterocycles. The molecule has 0 atom stereocenters. The van der Waals surface area contributed by atoms with Gasteiger partial charge in [0.2, 0.25) is 0 Å². The van der Waals surface area contributed by atoms with E-state index in [1.165, 1.54) is 7.11 Å². The molecule has 0 bridgehead atoms. The predicted molar refractivity (Wildman–Crippen MR) is 111 cm³/mol. The first kappa shape index (κ1) is 20.2. The highest BCUT2D eigenvalue weighted by atomic mass is 16.5. The number of esters is 1. The number of ether oxygens (including phenoxy) is 3. The van der Waals surface area contributed by atoms with Crippen molar-refractivity contribution in [2.45, 2.75) is 12.8 Å². The third-order valence-corrected chi connectivity index (χ3v) is 4.47. The van der Waals surface area contributed by atoms with Crippen molar-refractivity contribution in [2.75, 3.05) is 26.1 Å². The Bertz CT molecular complexity index is 998. The Morgan fingerprint density at radius 3 is 2.31 bits per heavy atom. The third-order valence-electron chi connectivity index (χ3n) is 4.47. The van der Waals surface area contributed by atoms with Gasteiger partial charge in [-0.1, -0.05) is 24.3 Å². The average Bonchev–Trinajstić information content (AvgIpc) is 2.76. The van der Waals surface area contributed by atoms with Crippen molar-refractivity contribution >= 4 is 28.3 Å². The lowest BCUT2D eigenvalue weighted by Gasteiger charge is -2.09. The first-order valence-corrected chi connectivity index (χ1v) is 9.23. The molecule has 6 nitrogen and oxygen atoms in total. The van der Waals surface area contributed by atoms with E-state index in [1.807, 2.05) is 36.4 Å². The molecule has 3 rings (SSSR count). The third kappa shape index (κ3) is 5.72. The van der Waals surface area contributed by atoms with Gasteiger partial charge in [0.15, 0.2) is 6.61 Å². The maximum atomic E-state index is 12.1. The fourth-order valence-electron chi connectivity index (χ4n) is 2.89. The molecule has 0 fully saturated rings. The van der Waals surface area contributed by atoms with Crippen LogP contribution in [0.3, 0.4) is 0 Å². The van der Waals surface area contributed by atoms with Crippen LogP contribution in [-0.2, 0) is 20.7 Å². The molecule has 0 spiro atoms. The van der Waals surface area contributed by atoms with Gasteiger partial charge >= 0.3 is 5.97 Å². The van der Waals surface area contributed by atoms with E-state index in [2.05, 4.69) is 10.1 Å². The van der Waals surface area contributed by atoms with Crippen LogP contribution in [0.15, 0.2) is 60.7 Å². The molecule has 29 heavy (non-hydrogen) atoms. The van der Waals surface area contributed by atoms with Crippen LogP contribution in [-0.4, -0.2) is 32.7 Å². The zero-order valence-corrected chi connectivity index (χ0v) is 16.4. The summed E-state index contributed by atoms with van der Waals surface area (Å²) in [5.41, 5.74) is 1.71. The van der Waals surface area contributed by atoms with Crippen molar-refractivity contribution in [1.29, 1.82) is 0 Å². The van der Waals surface area contributed by atoms with Gasteiger partial charge in [0.25, 0.3) is 5.91 Å². The van der Waals surface area contributed by atoms with Crippen LogP contribution < -0.4 is 14.8 Å². The molecule has 0 saturated carbocycles. The Morgan fingerprint density at radius 2 is 1.59 bits per heavy atom. The molecule has 0 radical (unpaired) electrons. The Kier molecular flexibility index (Phi) is 6.68. The molecule has 1 amide bonds. The summed E-state index contributed by atoms with van der Waals surface area (Å²) in [4.78, 5) is 23.5. The number of methoxy groups -OCH3 is 2. The summed E-state index contributed by atoms with van der Waals surface area (Å²) in [5, 5.41) is 4.82. The van der Waals surface area contributed by atoms with Gasteiger partial charge in [-0.3, -0.25) is 9.59 Å². The van der Waals surface area contributed by atoms with E-state index in [-0.39, 0.29) is 18.5 Å². The van der Waals surface area contributed by atoms with Crippen LogP contribution in [0.1, 0.15) is 12.0 Å². The topological polar surface area (TPSA) is 73.9 Å². The highest BCUT2D eigenvalue weighted by molar-refractivity contribution is 5.92. The van der Waals surface area contributed by atoms with Gasteiger partial charge in [0.05, 0.1) is 14.2 Å². The van der Waals surface area contributed by atoms with Gasteiger partial charge in [-0.2, -0.15) is 0 Å². The SMILES string of the molecule is COC(=O)CCc1ccc2ccc(OCC(=O)Nc3ccc(OC)cc3)cc2c1. The second-order valence-electron chi connectivity index (χ2n) is 6.48. The second-order valence-corrected chi connectivity index (χ2v) is 6.48. The number of benzene rings is 3. The molecule has 3 aromatic carbocycles. The molecule has 0 aliphatic rings. The van der Waals surface area contributed by atoms with E-state index in [0.717, 1.165) is 22.1 Å². The Labute approximate surface area is 169 Å². The summed E-state index contributed by atoms with van der Waals surface area (Å²) < 4.78 is 15.4. The summed E-state index contributed by atoms with van der Waals surface area (Å²) in [5.74, 6) is 0.848. The molecular formula is C23H23NO5. The Hall–Kier alpha value is -3.54. The number of nitrogens with one attached hydrogen (secondary N) is 1. The van der Waals surface area contributed by atoms with Crippen LogP contribution >= 0.6 is 0 Å². The highest BCUT2D eigenvalue weighted by Crippen LogP contribution is 2.23. The number of carbonyl (C=O) groups excluding carboxylic acids is 2. The standard InChI is InChI=1S/C23H23NO5/c1-27-20-10-7-19(8-11-20)24-22(25)15-29-21-9-6-17-5-3-16(13-18(17)14-21)4-12-23(26)28-2/h3,5-11,13-14H,4,12,15H2,1-2H3,(H,24,25). The number of hydrogen-bond donors (Lipinski definition) is 1. The van der Waals surface area contributed by atoms with Crippen LogP contribution in [0, 0.1) is 0 Å². The zero-order valence-electron chi connectivity index (χ0n) is 16.4. The van der Waals surface area contributed by atoms with Gasteiger partial charge in [-0.05, 0) is 59.2 Å². The minimum atomic E-state index is -0.248. The summed E-state index contributed by atoms with van der Waals surface area (Å²) in [6, 6.07) is 18.8. The van der Waals surface area contributed by atoms with Crippen LogP contribution in [0.25, 0.3) is 10.8 Å². The average molecular weight is 393 g/mol. The molecule has 3 aromatic rings. The minimum Gasteiger partial charge on any atom is -0.497 e. The van der Waals surface area contributed by atoms with E-state index >= 15 is 0 Å². The molecule has 0 aliphatic carbocycles. The second kappa shape index (κ2) is 9.59. The van der Waals surface area contributed by atoms with E-state index in [4.69, 9.17) is 9.47 Å². The van der Waals surface area contributed by atoms with Gasteiger partial charge in [0, 0.05) is 12.1 Å². The van der Waals surface area contributed by atoms with Gasteiger partial charge in [0.1, 0.15) is 11.5 Å². The molecule has 1 N–H and O–H groups in total. The van der Waals surface area contributed by atoms with Crippen LogP contribution in [0.5, 0.6) is 11.5 Å². The monoisotopic (exact) mass is 393 g/mol. The molecular weight excluding hydrogens is 370 g/mol. The van der Waals surface area contributed by atoms with Crippen molar-refractivity contribution in [1.82, 2.24) is 0 Å². The molecule has 150 valence electrons. The molecule has 0 saturated heterocycles. The van der Waals surface area contributed by atoms with E-state index in [0.29, 0.717) is 24.3 Å². The Balaban J connectivity index is 1.60. The summed E-state index contributed by atoms with van der Waals surface area (Å²) in [7, 11) is 2.98. The van der Waals surface area contributed by atoms with Crippen molar-refractivity contribution < 1.29 is 23.8 Å². The number of fused-ring (bicyclic) bond motifs is 1. The summed E-state index contributed by atoms with van der Waals surface area (Å²) in [6.45, 7) is -0.0977. The zero-order chi connectivity index (χ0) is 20.6. The van der Waals surface area contributed by atoms with Gasteiger partial charge in [-0.25, -0.2) is 0 Å². The quantitative estimate of drug-likeness (QED) is 0.586. The van der Waals surface area contributed by atoms with Crippen LogP contribution in [0.2, 0.25) is 0 Å². The van der Waals surface area contributed by atoms with Crippen molar-refractivity contribution in [3.63, 3.8) is 0 Å². The molecule has 6 heteroatoms. The van der Waals surface area contributed by atoms with Crippen molar-refractivity contribution in [2.24, 2.45) is 0 Å². The summed E-state index contributed by atoms with van der Waals surface area (Å²) >= 11 is 0. The number of amides is 1. The summed E-state index contributed by atoms with van der Waals surface area (Å²) in [6.07, 6.45) is 0.946. The van der Waals surface area contributed by atoms with Crippen molar-refractivity contribution in [3.8, 4) is 11.5 Å². The number of carbonyl (C=O) groups is 2. The lowest BCUT2D eigenvalue weighted by atomic mass is 10.0. The van der Waals surface area contributed by atoms with Crippen molar-refractivity contribution in [3.05, 3.63) is 66.2 Å². The maximum Gasteiger partial charge on any atom is 0.305 e. The Morgan fingerprint density at radius 1 is 0.862 bits per heavy atom. The number of rotatable bonds is 8. The fourth-order valence-corrected chi connectivity index (χ4v) is 2.89. The van der Waals surface area contributed by atoms with E-state index in [9.17, 15) is 9.59 Å². The number of hydrogen-bond acceptors (Lipinski definition) is 5. The first-order valence-electron chi connectivity index (χ1n) is 9.23. The lowest BCUT2D eigenvalue weighted by Crippen LogP contribution is -2.20. The van der Waals surface area contributed by atoms with E-state index in [1.54, 1.807) is 31.4 Å². The van der Waals surface area contributed by atoms with Gasteiger partial charge in [-0.15, -0.1) is 0 Å². The van der Waals surface area contributed by atoms with Crippen LogP contribution in [0.4, 0.5) is 5.69 Å². The lowest BCUT2D eigenvalue weighted by molar-refractivity contribution is -0.140. The molecule has 0 aromatic heterocycles. The first-order chi connectivity index (χ1) is 14.1. The number of anilines is 1. The maximum absolute atomic E-state index is 12.1. The predicted octanol–water partition coefficient (Wildman–Crippen LogP) is 3.97. The highest BCUT2D eigenvalue weighted by Gasteiger charge is 2.06. The largest absolute Gasteiger partial charge is 0.497 e. The molecule has 0 unspecified atom stereocenters. The van der Waals surface area contributed by atoms with E-state index < -0.39 is 0 Å². The number of aryl methyl sites for hydroxylation is 1. The van der Waals surface area contributed by atoms with Gasteiger partial charge < -0.3 is 19.5 Å². The smallest absolute Gasteiger partial charge is 0.305 e. The molecule has 0 heterocycles. The fraction of sp³-hybridized carbons (Fsp3) is 0.217. The minimum absolute atomic E-state index is 0.0977. The normalized spacial score (nSPS) is 10.4.